The van der Waals surface area contributed by atoms with E-state index in [9.17, 15) is 20.0 Å². The maximum atomic E-state index is 12.0. The van der Waals surface area contributed by atoms with Crippen LogP contribution in [-0.2, 0) is 11.2 Å². The van der Waals surface area contributed by atoms with Gasteiger partial charge in [-0.25, -0.2) is 5.43 Å². The maximum Gasteiger partial charge on any atom is 0.312 e. The molecule has 0 atom stereocenters. The highest BCUT2D eigenvalue weighted by Crippen LogP contribution is 2.32. The highest BCUT2D eigenvalue weighted by Gasteiger charge is 2.17. The van der Waals surface area contributed by atoms with Crippen molar-refractivity contribution in [2.45, 2.75) is 6.42 Å². The molecule has 0 fully saturated rings. The molecule has 0 saturated carbocycles. The molecule has 27 heavy (non-hydrogen) atoms. The average Bonchev–Trinajstić information content (AvgIpc) is 2.63. The quantitative estimate of drug-likeness (QED) is 0.389. The van der Waals surface area contributed by atoms with Gasteiger partial charge in [0, 0.05) is 16.1 Å². The summed E-state index contributed by atoms with van der Waals surface area (Å²) < 4.78 is 10.7. The van der Waals surface area contributed by atoms with Crippen LogP contribution in [0.5, 0.6) is 17.2 Å². The summed E-state index contributed by atoms with van der Waals surface area (Å²) in [6.07, 6.45) is 1.15. The van der Waals surface area contributed by atoms with Crippen LogP contribution >= 0.6 is 15.9 Å². The highest BCUT2D eigenvalue weighted by atomic mass is 79.9. The van der Waals surface area contributed by atoms with E-state index in [0.29, 0.717) is 21.5 Å². The predicted molar refractivity (Wildman–Crippen MR) is 101 cm³/mol. The number of phenols is 1. The Hall–Kier alpha value is -3.14. The van der Waals surface area contributed by atoms with Gasteiger partial charge in [-0.2, -0.15) is 5.10 Å². The first-order valence-corrected chi connectivity index (χ1v) is 8.34. The Morgan fingerprint density at radius 2 is 2.00 bits per heavy atom. The number of nitrogens with zero attached hydrogens (tertiary/aromatic N) is 2. The molecule has 0 aromatic heterocycles. The minimum Gasteiger partial charge on any atom is -0.502 e. The average molecular weight is 438 g/mol. The molecule has 0 aliphatic rings. The Morgan fingerprint density at radius 3 is 2.63 bits per heavy atom. The van der Waals surface area contributed by atoms with Crippen molar-refractivity contribution in [1.82, 2.24) is 5.43 Å². The van der Waals surface area contributed by atoms with E-state index < -0.39 is 22.3 Å². The molecule has 2 rings (SSSR count). The number of amides is 1. The van der Waals surface area contributed by atoms with Crippen molar-refractivity contribution in [1.29, 1.82) is 0 Å². The number of halogens is 1. The van der Waals surface area contributed by atoms with Gasteiger partial charge < -0.3 is 14.6 Å². The standard InChI is InChI=1S/C17H16BrN3O6/c1-26-14-4-3-10(5-15(14)27-2)6-16(22)20-19-9-11-7-12(18)8-13(17(11)23)21(24)25/h3-5,7-9,23H,6H2,1-2H3,(H,20,22)/b19-9+. The molecule has 0 saturated heterocycles. The number of nitro benzene ring substituents is 1. The summed E-state index contributed by atoms with van der Waals surface area (Å²) >= 11 is 3.12. The van der Waals surface area contributed by atoms with E-state index in [1.807, 2.05) is 0 Å². The third kappa shape index (κ3) is 5.17. The van der Waals surface area contributed by atoms with Crippen molar-refractivity contribution < 1.29 is 24.3 Å². The first-order chi connectivity index (χ1) is 12.8. The monoisotopic (exact) mass is 437 g/mol. The number of carbonyl (C=O) groups is 1. The van der Waals surface area contributed by atoms with Gasteiger partial charge in [-0.1, -0.05) is 22.0 Å². The van der Waals surface area contributed by atoms with Crippen LogP contribution in [0.25, 0.3) is 0 Å². The van der Waals surface area contributed by atoms with Crippen LogP contribution in [0.15, 0.2) is 39.9 Å². The van der Waals surface area contributed by atoms with Gasteiger partial charge in [-0.15, -0.1) is 0 Å². The lowest BCUT2D eigenvalue weighted by Crippen LogP contribution is -2.19. The van der Waals surface area contributed by atoms with Crippen molar-refractivity contribution in [3.8, 4) is 17.2 Å². The number of carbonyl (C=O) groups excluding carboxylic acids is 1. The molecule has 10 heteroatoms. The summed E-state index contributed by atoms with van der Waals surface area (Å²) in [6.45, 7) is 0. The molecular weight excluding hydrogens is 422 g/mol. The van der Waals surface area contributed by atoms with Gasteiger partial charge in [0.15, 0.2) is 11.5 Å². The number of aromatic hydroxyl groups is 1. The fourth-order valence-electron chi connectivity index (χ4n) is 2.23. The summed E-state index contributed by atoms with van der Waals surface area (Å²) in [5.74, 6) is 0.0904. The first kappa shape index (κ1) is 20.2. The second-order valence-electron chi connectivity index (χ2n) is 5.28. The fourth-order valence-corrected chi connectivity index (χ4v) is 2.70. The number of nitro groups is 1. The molecule has 0 radical (unpaired) electrons. The Morgan fingerprint density at radius 1 is 1.30 bits per heavy atom. The molecular formula is C17H16BrN3O6. The number of hydrazone groups is 1. The van der Waals surface area contributed by atoms with E-state index in [0.717, 1.165) is 6.21 Å². The Balaban J connectivity index is 2.07. The number of phenolic OH excluding ortho intramolecular Hbond substituents is 1. The number of benzene rings is 2. The van der Waals surface area contributed by atoms with E-state index in [1.54, 1.807) is 18.2 Å². The summed E-state index contributed by atoms with van der Waals surface area (Å²) in [4.78, 5) is 22.2. The molecule has 142 valence electrons. The summed E-state index contributed by atoms with van der Waals surface area (Å²) in [6, 6.07) is 7.68. The molecule has 0 heterocycles. The molecule has 0 aliphatic heterocycles. The molecule has 0 aliphatic carbocycles. The van der Waals surface area contributed by atoms with Crippen molar-refractivity contribution in [2.24, 2.45) is 5.10 Å². The number of ether oxygens (including phenoxy) is 2. The summed E-state index contributed by atoms with van der Waals surface area (Å²) in [5.41, 5.74) is 2.60. The van der Waals surface area contributed by atoms with Crippen LogP contribution in [0.4, 0.5) is 5.69 Å². The second kappa shape index (κ2) is 8.99. The lowest BCUT2D eigenvalue weighted by Gasteiger charge is -2.09. The van der Waals surface area contributed by atoms with E-state index in [2.05, 4.69) is 26.5 Å². The van der Waals surface area contributed by atoms with Crippen LogP contribution < -0.4 is 14.9 Å². The van der Waals surface area contributed by atoms with Crippen molar-refractivity contribution >= 4 is 33.7 Å². The van der Waals surface area contributed by atoms with E-state index >= 15 is 0 Å². The minimum absolute atomic E-state index is 0.0301. The lowest BCUT2D eigenvalue weighted by molar-refractivity contribution is -0.385. The smallest absolute Gasteiger partial charge is 0.312 e. The van der Waals surface area contributed by atoms with Gasteiger partial charge in [0.05, 0.1) is 31.8 Å². The Bertz CT molecular complexity index is 900. The molecule has 0 spiro atoms. The van der Waals surface area contributed by atoms with Crippen LogP contribution in [0.3, 0.4) is 0 Å². The number of hydrogen-bond donors (Lipinski definition) is 2. The normalized spacial score (nSPS) is 10.6. The molecule has 0 bridgehead atoms. The number of hydrogen-bond acceptors (Lipinski definition) is 7. The zero-order chi connectivity index (χ0) is 20.0. The van der Waals surface area contributed by atoms with Gasteiger partial charge in [0.25, 0.3) is 0 Å². The molecule has 1 amide bonds. The van der Waals surface area contributed by atoms with E-state index in [-0.39, 0.29) is 12.0 Å². The molecule has 0 unspecified atom stereocenters. The predicted octanol–water partition coefficient (Wildman–Crippen LogP) is 2.77. The van der Waals surface area contributed by atoms with Crippen LogP contribution in [-0.4, -0.2) is 36.4 Å². The maximum absolute atomic E-state index is 12.0. The zero-order valence-electron chi connectivity index (χ0n) is 14.4. The van der Waals surface area contributed by atoms with Crippen molar-refractivity contribution in [3.05, 3.63) is 56.0 Å². The van der Waals surface area contributed by atoms with E-state index in [1.165, 1.54) is 26.4 Å². The summed E-state index contributed by atoms with van der Waals surface area (Å²) in [5, 5.41) is 24.5. The lowest BCUT2D eigenvalue weighted by atomic mass is 10.1. The third-order valence-electron chi connectivity index (χ3n) is 3.49. The summed E-state index contributed by atoms with van der Waals surface area (Å²) in [7, 11) is 3.01. The van der Waals surface area contributed by atoms with Gasteiger partial charge in [-0.3, -0.25) is 14.9 Å². The minimum atomic E-state index is -0.715. The molecule has 2 aromatic carbocycles. The number of rotatable bonds is 7. The third-order valence-corrected chi connectivity index (χ3v) is 3.94. The first-order valence-electron chi connectivity index (χ1n) is 7.55. The molecule has 9 nitrogen and oxygen atoms in total. The largest absolute Gasteiger partial charge is 0.502 e. The number of methoxy groups -OCH3 is 2. The SMILES string of the molecule is COc1ccc(CC(=O)N/N=C/c2cc(Br)cc([N+](=O)[O-])c2O)cc1OC. The van der Waals surface area contributed by atoms with Crippen LogP contribution in [0.1, 0.15) is 11.1 Å². The Kier molecular flexibility index (Phi) is 6.72. The number of nitrogens with one attached hydrogen (secondary N) is 1. The van der Waals surface area contributed by atoms with Gasteiger partial charge in [0.2, 0.25) is 11.7 Å². The zero-order valence-corrected chi connectivity index (χ0v) is 16.0. The molecule has 2 N–H and O–H groups in total. The fraction of sp³-hybridized carbons (Fsp3) is 0.176. The van der Waals surface area contributed by atoms with Gasteiger partial charge in [-0.05, 0) is 23.8 Å². The van der Waals surface area contributed by atoms with Crippen molar-refractivity contribution in [3.63, 3.8) is 0 Å². The highest BCUT2D eigenvalue weighted by molar-refractivity contribution is 9.10. The second-order valence-corrected chi connectivity index (χ2v) is 6.19. The van der Waals surface area contributed by atoms with Crippen LogP contribution in [0.2, 0.25) is 0 Å². The van der Waals surface area contributed by atoms with Crippen molar-refractivity contribution in [2.75, 3.05) is 14.2 Å². The van der Waals surface area contributed by atoms with Gasteiger partial charge >= 0.3 is 5.69 Å². The Labute approximate surface area is 162 Å². The van der Waals surface area contributed by atoms with E-state index in [4.69, 9.17) is 9.47 Å². The van der Waals surface area contributed by atoms with Crippen LogP contribution in [0, 0.1) is 10.1 Å². The topological polar surface area (TPSA) is 123 Å². The van der Waals surface area contributed by atoms with Gasteiger partial charge in [0.1, 0.15) is 0 Å². The molecule has 2 aromatic rings.